The zero-order valence-corrected chi connectivity index (χ0v) is 16.0. The first-order chi connectivity index (χ1) is 10.6. The molecule has 0 aromatic heterocycles. The molecule has 1 heterocycles. The highest BCUT2D eigenvalue weighted by atomic mass is 15.3. The molecular formula is C20H42N2. The van der Waals surface area contributed by atoms with E-state index in [4.69, 9.17) is 0 Å². The minimum absolute atomic E-state index is 0.460. The first-order valence-electron chi connectivity index (χ1n) is 10.1. The van der Waals surface area contributed by atoms with Gasteiger partial charge in [0.15, 0.2) is 0 Å². The van der Waals surface area contributed by atoms with Gasteiger partial charge in [0.1, 0.15) is 0 Å². The summed E-state index contributed by atoms with van der Waals surface area (Å²) in [7, 11) is 2.26. The van der Waals surface area contributed by atoms with Crippen LogP contribution in [0, 0.1) is 0 Å². The molecule has 1 unspecified atom stereocenters. The van der Waals surface area contributed by atoms with Gasteiger partial charge in [0, 0.05) is 31.7 Å². The molecule has 1 aliphatic rings. The topological polar surface area (TPSA) is 6.48 Å². The Morgan fingerprint density at radius 2 is 1.14 bits per heavy atom. The predicted molar refractivity (Wildman–Crippen MR) is 99.6 cm³/mol. The van der Waals surface area contributed by atoms with Gasteiger partial charge >= 0.3 is 0 Å². The van der Waals surface area contributed by atoms with Gasteiger partial charge in [-0.15, -0.1) is 0 Å². The van der Waals surface area contributed by atoms with Crippen molar-refractivity contribution in [2.45, 2.75) is 96.9 Å². The molecule has 0 saturated carbocycles. The molecule has 0 bridgehead atoms. The molecule has 0 aliphatic carbocycles. The molecule has 0 N–H and O–H groups in total. The Bertz CT molecular complexity index is 258. The summed E-state index contributed by atoms with van der Waals surface area (Å²) in [6.45, 7) is 12.2. The Hall–Kier alpha value is -0.0800. The molecule has 1 rings (SSSR count). The van der Waals surface area contributed by atoms with Crippen LogP contribution in [0.15, 0.2) is 0 Å². The van der Waals surface area contributed by atoms with Gasteiger partial charge in [-0.05, 0) is 26.8 Å². The van der Waals surface area contributed by atoms with E-state index in [-0.39, 0.29) is 0 Å². The van der Waals surface area contributed by atoms with Crippen molar-refractivity contribution in [3.05, 3.63) is 0 Å². The highest BCUT2D eigenvalue weighted by Gasteiger charge is 2.32. The lowest BCUT2D eigenvalue weighted by Gasteiger charge is -2.46. The zero-order valence-electron chi connectivity index (χ0n) is 16.0. The van der Waals surface area contributed by atoms with Gasteiger partial charge in [0.05, 0.1) is 0 Å². The highest BCUT2D eigenvalue weighted by Crippen LogP contribution is 2.30. The van der Waals surface area contributed by atoms with Gasteiger partial charge in [-0.25, -0.2) is 0 Å². The fraction of sp³-hybridized carbons (Fsp3) is 1.00. The zero-order chi connectivity index (χ0) is 16.3. The molecule has 0 spiro atoms. The second kappa shape index (κ2) is 11.5. The summed E-state index contributed by atoms with van der Waals surface area (Å²) >= 11 is 0. The minimum Gasteiger partial charge on any atom is -0.304 e. The predicted octanol–water partition coefficient (Wildman–Crippen LogP) is 5.32. The molecule has 0 aromatic rings. The van der Waals surface area contributed by atoms with Gasteiger partial charge < -0.3 is 4.90 Å². The fourth-order valence-electron chi connectivity index (χ4n) is 3.83. The maximum absolute atomic E-state index is 2.82. The average molecular weight is 311 g/mol. The second-order valence-electron chi connectivity index (χ2n) is 7.76. The Morgan fingerprint density at radius 3 is 1.64 bits per heavy atom. The van der Waals surface area contributed by atoms with E-state index in [9.17, 15) is 0 Å². The van der Waals surface area contributed by atoms with Crippen LogP contribution in [0.4, 0.5) is 0 Å². The summed E-state index contributed by atoms with van der Waals surface area (Å²) in [6.07, 6.45) is 15.5. The maximum atomic E-state index is 2.82. The molecule has 2 heteroatoms. The van der Waals surface area contributed by atoms with Crippen molar-refractivity contribution >= 4 is 0 Å². The van der Waals surface area contributed by atoms with E-state index in [0.29, 0.717) is 5.54 Å². The van der Waals surface area contributed by atoms with E-state index in [1.165, 1.54) is 96.8 Å². The number of nitrogens with zero attached hydrogens (tertiary/aromatic N) is 2. The van der Waals surface area contributed by atoms with Crippen molar-refractivity contribution in [1.29, 1.82) is 0 Å². The Balaban J connectivity index is 2.43. The standard InChI is InChI=1S/C20H42N2/c1-5-7-9-11-13-15-20(3,14-12-10-8-6-2)22-18-16-21(4)17-19-22/h5-19H2,1-4H3. The summed E-state index contributed by atoms with van der Waals surface area (Å²) in [5, 5.41) is 0. The lowest BCUT2D eigenvalue weighted by molar-refractivity contribution is 0.0356. The van der Waals surface area contributed by atoms with E-state index >= 15 is 0 Å². The lowest BCUT2D eigenvalue weighted by Crippen LogP contribution is -2.55. The number of piperazine rings is 1. The Kier molecular flexibility index (Phi) is 10.4. The maximum Gasteiger partial charge on any atom is 0.0182 e. The molecule has 1 fully saturated rings. The van der Waals surface area contributed by atoms with Crippen LogP contribution in [0.1, 0.15) is 91.4 Å². The molecule has 22 heavy (non-hydrogen) atoms. The van der Waals surface area contributed by atoms with Crippen molar-refractivity contribution in [3.8, 4) is 0 Å². The number of likely N-dealkylation sites (N-methyl/N-ethyl adjacent to an activating group) is 1. The smallest absolute Gasteiger partial charge is 0.0182 e. The molecular weight excluding hydrogens is 268 g/mol. The van der Waals surface area contributed by atoms with Crippen LogP contribution in [0.5, 0.6) is 0 Å². The summed E-state index contributed by atoms with van der Waals surface area (Å²) in [4.78, 5) is 5.30. The SMILES string of the molecule is CCCCCCCC(C)(CCCCCC)N1CCN(C)CC1. The number of rotatable bonds is 12. The Morgan fingerprint density at radius 1 is 0.682 bits per heavy atom. The van der Waals surface area contributed by atoms with Crippen molar-refractivity contribution < 1.29 is 0 Å². The summed E-state index contributed by atoms with van der Waals surface area (Å²) < 4.78 is 0. The summed E-state index contributed by atoms with van der Waals surface area (Å²) in [6, 6.07) is 0. The van der Waals surface area contributed by atoms with Crippen LogP contribution in [0.3, 0.4) is 0 Å². The molecule has 0 radical (unpaired) electrons. The normalized spacial score (nSPS) is 20.2. The number of unbranched alkanes of at least 4 members (excludes halogenated alkanes) is 7. The third kappa shape index (κ3) is 7.46. The number of hydrogen-bond donors (Lipinski definition) is 0. The summed E-state index contributed by atoms with van der Waals surface area (Å²) in [5.41, 5.74) is 0.460. The number of hydrogen-bond acceptors (Lipinski definition) is 2. The van der Waals surface area contributed by atoms with Crippen molar-refractivity contribution in [2.75, 3.05) is 33.2 Å². The molecule has 2 nitrogen and oxygen atoms in total. The third-order valence-electron chi connectivity index (χ3n) is 5.65. The molecule has 0 amide bonds. The van der Waals surface area contributed by atoms with E-state index in [1.807, 2.05) is 0 Å². The van der Waals surface area contributed by atoms with Crippen LogP contribution >= 0.6 is 0 Å². The van der Waals surface area contributed by atoms with E-state index in [2.05, 4.69) is 37.6 Å². The largest absolute Gasteiger partial charge is 0.304 e. The molecule has 0 aromatic carbocycles. The second-order valence-corrected chi connectivity index (χ2v) is 7.76. The van der Waals surface area contributed by atoms with Gasteiger partial charge in [-0.2, -0.15) is 0 Å². The van der Waals surface area contributed by atoms with Crippen LogP contribution < -0.4 is 0 Å². The van der Waals surface area contributed by atoms with E-state index in [0.717, 1.165) is 0 Å². The van der Waals surface area contributed by atoms with E-state index in [1.54, 1.807) is 0 Å². The van der Waals surface area contributed by atoms with Crippen molar-refractivity contribution in [1.82, 2.24) is 9.80 Å². The molecule has 1 aliphatic heterocycles. The van der Waals surface area contributed by atoms with Gasteiger partial charge in [-0.1, -0.05) is 71.6 Å². The lowest BCUT2D eigenvalue weighted by atomic mass is 9.85. The van der Waals surface area contributed by atoms with Crippen LogP contribution in [-0.2, 0) is 0 Å². The van der Waals surface area contributed by atoms with Gasteiger partial charge in [0.25, 0.3) is 0 Å². The van der Waals surface area contributed by atoms with Gasteiger partial charge in [0.2, 0.25) is 0 Å². The van der Waals surface area contributed by atoms with Crippen LogP contribution in [0.2, 0.25) is 0 Å². The highest BCUT2D eigenvalue weighted by molar-refractivity contribution is 4.89. The van der Waals surface area contributed by atoms with Crippen LogP contribution in [-0.4, -0.2) is 48.6 Å². The monoisotopic (exact) mass is 310 g/mol. The van der Waals surface area contributed by atoms with Crippen molar-refractivity contribution in [3.63, 3.8) is 0 Å². The fourth-order valence-corrected chi connectivity index (χ4v) is 3.83. The Labute approximate surface area is 140 Å². The van der Waals surface area contributed by atoms with Crippen molar-refractivity contribution in [2.24, 2.45) is 0 Å². The quantitative estimate of drug-likeness (QED) is 0.450. The third-order valence-corrected chi connectivity index (χ3v) is 5.65. The first-order valence-corrected chi connectivity index (χ1v) is 10.1. The van der Waals surface area contributed by atoms with Crippen LogP contribution in [0.25, 0.3) is 0 Å². The molecule has 132 valence electrons. The average Bonchev–Trinajstić information content (AvgIpc) is 2.52. The summed E-state index contributed by atoms with van der Waals surface area (Å²) in [5.74, 6) is 0. The molecule has 1 atom stereocenters. The van der Waals surface area contributed by atoms with Gasteiger partial charge in [-0.3, -0.25) is 4.90 Å². The molecule has 1 saturated heterocycles. The minimum atomic E-state index is 0.460. The first kappa shape index (κ1) is 20.0. The van der Waals surface area contributed by atoms with E-state index < -0.39 is 0 Å².